The fraction of sp³-hybridized carbons (Fsp3) is 0.250. The second-order valence-corrected chi connectivity index (χ2v) is 9.07. The minimum absolute atomic E-state index is 0. The summed E-state index contributed by atoms with van der Waals surface area (Å²) >= 11 is 12.4. The molecule has 2 aromatic carbocycles. The minimum Gasteiger partial charge on any atom is -0.444 e. The Morgan fingerprint density at radius 3 is 2.22 bits per heavy atom. The summed E-state index contributed by atoms with van der Waals surface area (Å²) in [6.07, 6.45) is -0.506. The standard InChI is InChI=1S/C15H18N2O2S.C8H6Cl2O.CH4/c1-15(2,3)19-14(18)17-12-7-6-10(9-11(12)16)13-5-4-8-20-13;9-5-6-1-3-7(4-2-6)8(10)11;/h4-9H,16H2,1-3H3,(H,17,18);1-4H,5H2;1H4. The van der Waals surface area contributed by atoms with Crippen LogP contribution in [0.5, 0.6) is 0 Å². The molecule has 3 aromatic rings. The Kier molecular flexibility index (Phi) is 10.7. The molecule has 0 radical (unpaired) electrons. The van der Waals surface area contributed by atoms with Crippen LogP contribution in [0.1, 0.15) is 44.1 Å². The van der Waals surface area contributed by atoms with E-state index in [-0.39, 0.29) is 7.43 Å². The summed E-state index contributed by atoms with van der Waals surface area (Å²) < 4.78 is 5.20. The van der Waals surface area contributed by atoms with Crippen LogP contribution in [0.4, 0.5) is 16.2 Å². The lowest BCUT2D eigenvalue weighted by Gasteiger charge is -2.20. The van der Waals surface area contributed by atoms with E-state index in [9.17, 15) is 9.59 Å². The van der Waals surface area contributed by atoms with Crippen molar-refractivity contribution in [1.29, 1.82) is 0 Å². The van der Waals surface area contributed by atoms with Gasteiger partial charge >= 0.3 is 6.09 Å². The van der Waals surface area contributed by atoms with E-state index in [0.29, 0.717) is 22.8 Å². The zero-order valence-electron chi connectivity index (χ0n) is 17.4. The number of carbonyl (C=O) groups excluding carboxylic acids is 2. The normalized spacial score (nSPS) is 10.3. The first-order chi connectivity index (χ1) is 14.6. The maximum atomic E-state index is 11.7. The van der Waals surface area contributed by atoms with E-state index in [4.69, 9.17) is 33.7 Å². The second-order valence-electron chi connectivity index (χ2n) is 7.51. The van der Waals surface area contributed by atoms with Crippen LogP contribution >= 0.6 is 34.5 Å². The smallest absolute Gasteiger partial charge is 0.412 e. The molecule has 1 amide bonds. The third kappa shape index (κ3) is 8.91. The number of nitrogen functional groups attached to an aromatic ring is 1. The SMILES string of the molecule is C.CC(C)(C)OC(=O)Nc1ccc(-c2cccs2)cc1N.O=C(Cl)c1ccc(CCl)cc1. The Hall–Kier alpha value is -2.54. The summed E-state index contributed by atoms with van der Waals surface area (Å²) in [5.74, 6) is 0.455. The van der Waals surface area contributed by atoms with Crippen molar-refractivity contribution in [1.82, 2.24) is 0 Å². The Morgan fingerprint density at radius 2 is 1.75 bits per heavy atom. The highest BCUT2D eigenvalue weighted by atomic mass is 35.5. The van der Waals surface area contributed by atoms with Gasteiger partial charge in [-0.15, -0.1) is 22.9 Å². The first-order valence-corrected chi connectivity index (χ1v) is 11.2. The van der Waals surface area contributed by atoms with Crippen LogP contribution in [-0.4, -0.2) is 16.9 Å². The number of thiophene rings is 1. The lowest BCUT2D eigenvalue weighted by atomic mass is 10.1. The first kappa shape index (κ1) is 27.5. The number of carbonyl (C=O) groups is 2. The molecule has 0 unspecified atom stereocenters. The van der Waals surface area contributed by atoms with E-state index < -0.39 is 16.9 Å². The molecule has 0 saturated heterocycles. The number of hydrogen-bond donors (Lipinski definition) is 2. The maximum Gasteiger partial charge on any atom is 0.412 e. The molecule has 0 aliphatic rings. The van der Waals surface area contributed by atoms with Gasteiger partial charge in [-0.05, 0) is 79.2 Å². The summed E-state index contributed by atoms with van der Waals surface area (Å²) in [6.45, 7) is 5.45. The van der Waals surface area contributed by atoms with Crippen molar-refractivity contribution >= 4 is 57.2 Å². The van der Waals surface area contributed by atoms with Gasteiger partial charge in [-0.2, -0.15) is 0 Å². The van der Waals surface area contributed by atoms with Gasteiger partial charge in [0.25, 0.3) is 5.24 Å². The summed E-state index contributed by atoms with van der Waals surface area (Å²) in [4.78, 5) is 23.4. The number of alkyl halides is 1. The number of rotatable bonds is 4. The monoisotopic (exact) mass is 494 g/mol. The molecule has 1 heterocycles. The first-order valence-electron chi connectivity index (χ1n) is 9.37. The van der Waals surface area contributed by atoms with Crippen molar-refractivity contribution in [2.45, 2.75) is 39.7 Å². The second kappa shape index (κ2) is 12.5. The van der Waals surface area contributed by atoms with Gasteiger partial charge in [0.15, 0.2) is 0 Å². The van der Waals surface area contributed by atoms with Gasteiger partial charge in [0.05, 0.1) is 11.4 Å². The van der Waals surface area contributed by atoms with Gasteiger partial charge in [0.2, 0.25) is 0 Å². The van der Waals surface area contributed by atoms with Crippen LogP contribution in [0.15, 0.2) is 60.0 Å². The molecule has 5 nitrogen and oxygen atoms in total. The largest absolute Gasteiger partial charge is 0.444 e. The average Bonchev–Trinajstić information content (AvgIpc) is 3.23. The topological polar surface area (TPSA) is 81.4 Å². The molecule has 0 atom stereocenters. The molecule has 172 valence electrons. The quantitative estimate of drug-likeness (QED) is 0.220. The van der Waals surface area contributed by atoms with Crippen LogP contribution in [0.2, 0.25) is 0 Å². The number of ether oxygens (including phenoxy) is 1. The van der Waals surface area contributed by atoms with Crippen molar-refractivity contribution in [3.8, 4) is 10.4 Å². The van der Waals surface area contributed by atoms with E-state index in [1.165, 1.54) is 0 Å². The molecule has 8 heteroatoms. The molecule has 0 saturated carbocycles. The zero-order valence-corrected chi connectivity index (χ0v) is 19.8. The molecule has 0 spiro atoms. The predicted octanol–water partition coefficient (Wildman–Crippen LogP) is 7.78. The van der Waals surface area contributed by atoms with E-state index in [1.54, 1.807) is 41.7 Å². The highest BCUT2D eigenvalue weighted by molar-refractivity contribution is 7.13. The molecule has 3 rings (SSSR count). The summed E-state index contributed by atoms with van der Waals surface area (Å²) in [5.41, 5.74) is 9.03. The average molecular weight is 495 g/mol. The molecule has 0 aliphatic heterocycles. The molecule has 32 heavy (non-hydrogen) atoms. The number of benzene rings is 2. The Morgan fingerprint density at radius 1 is 1.09 bits per heavy atom. The number of hydrogen-bond acceptors (Lipinski definition) is 5. The van der Waals surface area contributed by atoms with Crippen molar-refractivity contribution in [2.24, 2.45) is 0 Å². The molecule has 0 fully saturated rings. The third-order valence-electron chi connectivity index (χ3n) is 3.83. The van der Waals surface area contributed by atoms with E-state index in [1.807, 2.05) is 50.4 Å². The molecular formula is C24H28Cl2N2O3S. The minimum atomic E-state index is -0.532. The van der Waals surface area contributed by atoms with E-state index in [2.05, 4.69) is 5.32 Å². The van der Waals surface area contributed by atoms with Crippen LogP contribution < -0.4 is 11.1 Å². The fourth-order valence-electron chi connectivity index (χ4n) is 2.41. The number of nitrogens with one attached hydrogen (secondary N) is 1. The highest BCUT2D eigenvalue weighted by Gasteiger charge is 2.17. The summed E-state index contributed by atoms with van der Waals surface area (Å²) in [7, 11) is 0. The van der Waals surface area contributed by atoms with Crippen LogP contribution in [0.25, 0.3) is 10.4 Å². The molecule has 0 aliphatic carbocycles. The predicted molar refractivity (Wildman–Crippen MR) is 137 cm³/mol. The Bertz CT molecular complexity index is 1010. The number of anilines is 2. The van der Waals surface area contributed by atoms with E-state index in [0.717, 1.165) is 16.0 Å². The third-order valence-corrected chi connectivity index (χ3v) is 5.27. The summed E-state index contributed by atoms with van der Waals surface area (Å²) in [6, 6.07) is 16.5. The molecule has 0 bridgehead atoms. The van der Waals surface area contributed by atoms with Gasteiger partial charge in [-0.25, -0.2) is 4.79 Å². The zero-order chi connectivity index (χ0) is 23.0. The number of halogens is 2. The van der Waals surface area contributed by atoms with Crippen molar-refractivity contribution < 1.29 is 14.3 Å². The lowest BCUT2D eigenvalue weighted by molar-refractivity contribution is 0.0636. The molecule has 1 aromatic heterocycles. The molecular weight excluding hydrogens is 467 g/mol. The van der Waals surface area contributed by atoms with E-state index >= 15 is 0 Å². The fourth-order valence-corrected chi connectivity index (χ4v) is 3.44. The number of amides is 1. The maximum absolute atomic E-state index is 11.7. The van der Waals surface area contributed by atoms with Crippen LogP contribution in [0, 0.1) is 0 Å². The van der Waals surface area contributed by atoms with Gasteiger partial charge in [0.1, 0.15) is 5.60 Å². The lowest BCUT2D eigenvalue weighted by Crippen LogP contribution is -2.27. The van der Waals surface area contributed by atoms with Crippen LogP contribution in [0.3, 0.4) is 0 Å². The van der Waals surface area contributed by atoms with Gasteiger partial charge in [-0.3, -0.25) is 10.1 Å². The van der Waals surface area contributed by atoms with Gasteiger partial charge in [0, 0.05) is 16.3 Å². The Labute approximate surface area is 203 Å². The molecule has 3 N–H and O–H groups in total. The highest BCUT2D eigenvalue weighted by Crippen LogP contribution is 2.30. The van der Waals surface area contributed by atoms with Gasteiger partial charge < -0.3 is 10.5 Å². The van der Waals surface area contributed by atoms with Crippen molar-refractivity contribution in [3.05, 3.63) is 71.1 Å². The van der Waals surface area contributed by atoms with Crippen LogP contribution in [-0.2, 0) is 10.6 Å². The van der Waals surface area contributed by atoms with Crippen molar-refractivity contribution in [3.63, 3.8) is 0 Å². The Balaban J connectivity index is 0.000000364. The summed E-state index contributed by atoms with van der Waals surface area (Å²) in [5, 5.41) is 4.23. The van der Waals surface area contributed by atoms with Crippen molar-refractivity contribution in [2.75, 3.05) is 11.1 Å². The van der Waals surface area contributed by atoms with Gasteiger partial charge in [-0.1, -0.05) is 31.7 Å². The number of nitrogens with two attached hydrogens (primary N) is 1.